The summed E-state index contributed by atoms with van der Waals surface area (Å²) in [6, 6.07) is 8.20. The van der Waals surface area contributed by atoms with Crippen LogP contribution in [-0.4, -0.2) is 31.6 Å². The Morgan fingerprint density at radius 3 is 3.15 bits per heavy atom. The molecule has 0 radical (unpaired) electrons. The molecule has 0 spiro atoms. The fourth-order valence-corrected chi connectivity index (χ4v) is 2.43. The molecule has 2 N–H and O–H groups in total. The van der Waals surface area contributed by atoms with Crippen molar-refractivity contribution in [3.05, 3.63) is 29.8 Å². The second kappa shape index (κ2) is 7.90. The third-order valence-electron chi connectivity index (χ3n) is 3.53. The minimum absolute atomic E-state index is 0.0875. The molecular weight excluding hydrogens is 252 g/mol. The lowest BCUT2D eigenvalue weighted by Crippen LogP contribution is -2.36. The fraction of sp³-hybridized carbons (Fsp3) is 0.562. The molecule has 1 heterocycles. The Hall–Kier alpha value is -1.55. The molecule has 1 saturated heterocycles. The molecule has 1 aliphatic heterocycles. The first-order chi connectivity index (χ1) is 9.74. The van der Waals surface area contributed by atoms with Gasteiger partial charge in [0.1, 0.15) is 5.75 Å². The van der Waals surface area contributed by atoms with Gasteiger partial charge in [-0.2, -0.15) is 0 Å². The van der Waals surface area contributed by atoms with Crippen molar-refractivity contribution < 1.29 is 9.53 Å². The highest BCUT2D eigenvalue weighted by Gasteiger charge is 2.14. The quantitative estimate of drug-likeness (QED) is 0.865. The molecule has 20 heavy (non-hydrogen) atoms. The summed E-state index contributed by atoms with van der Waals surface area (Å²) in [6.45, 7) is 4.51. The molecule has 1 amide bonds. The highest BCUT2D eigenvalue weighted by Crippen LogP contribution is 2.12. The van der Waals surface area contributed by atoms with Crippen LogP contribution in [0.2, 0.25) is 0 Å². The van der Waals surface area contributed by atoms with Crippen LogP contribution in [0.3, 0.4) is 0 Å². The minimum Gasteiger partial charge on any atom is -0.493 e. The highest BCUT2D eigenvalue weighted by atomic mass is 16.5. The Morgan fingerprint density at radius 1 is 1.40 bits per heavy atom. The topological polar surface area (TPSA) is 50.4 Å². The summed E-state index contributed by atoms with van der Waals surface area (Å²) < 4.78 is 5.60. The number of benzene rings is 1. The van der Waals surface area contributed by atoms with Gasteiger partial charge in [-0.15, -0.1) is 0 Å². The Morgan fingerprint density at radius 2 is 2.30 bits per heavy atom. The van der Waals surface area contributed by atoms with E-state index in [9.17, 15) is 4.79 Å². The van der Waals surface area contributed by atoms with Crippen molar-refractivity contribution in [2.75, 3.05) is 19.7 Å². The molecule has 0 bridgehead atoms. The molecule has 1 atom stereocenters. The SMILES string of the molecule is Cc1cccc(OCCC(=O)NC2CCCNCC2)c1. The summed E-state index contributed by atoms with van der Waals surface area (Å²) in [5.41, 5.74) is 1.16. The maximum Gasteiger partial charge on any atom is 0.223 e. The third kappa shape index (κ3) is 5.21. The second-order valence-corrected chi connectivity index (χ2v) is 5.36. The van der Waals surface area contributed by atoms with Crippen molar-refractivity contribution in [1.29, 1.82) is 0 Å². The van der Waals surface area contributed by atoms with Gasteiger partial charge in [0.15, 0.2) is 0 Å². The van der Waals surface area contributed by atoms with Gasteiger partial charge in [-0.3, -0.25) is 4.79 Å². The van der Waals surface area contributed by atoms with E-state index in [1.807, 2.05) is 31.2 Å². The molecule has 0 saturated carbocycles. The summed E-state index contributed by atoms with van der Waals surface area (Å²) in [5.74, 6) is 0.918. The van der Waals surface area contributed by atoms with Crippen molar-refractivity contribution in [2.45, 2.75) is 38.6 Å². The van der Waals surface area contributed by atoms with Gasteiger partial charge in [0.2, 0.25) is 5.91 Å². The van der Waals surface area contributed by atoms with Crippen LogP contribution in [0.5, 0.6) is 5.75 Å². The van der Waals surface area contributed by atoms with Gasteiger partial charge in [-0.1, -0.05) is 12.1 Å². The Kier molecular flexibility index (Phi) is 5.87. The number of aryl methyl sites for hydroxylation is 1. The molecule has 1 aromatic rings. The van der Waals surface area contributed by atoms with Gasteiger partial charge < -0.3 is 15.4 Å². The molecule has 1 aliphatic rings. The predicted octanol–water partition coefficient (Wildman–Crippen LogP) is 2.02. The van der Waals surface area contributed by atoms with Gasteiger partial charge >= 0.3 is 0 Å². The average molecular weight is 276 g/mol. The van der Waals surface area contributed by atoms with Crippen LogP contribution in [0.4, 0.5) is 0 Å². The van der Waals surface area contributed by atoms with E-state index in [1.165, 1.54) is 0 Å². The average Bonchev–Trinajstić information content (AvgIpc) is 2.67. The van der Waals surface area contributed by atoms with E-state index >= 15 is 0 Å². The van der Waals surface area contributed by atoms with Crippen molar-refractivity contribution in [1.82, 2.24) is 10.6 Å². The van der Waals surface area contributed by atoms with Crippen LogP contribution >= 0.6 is 0 Å². The lowest BCUT2D eigenvalue weighted by atomic mass is 10.1. The number of carbonyl (C=O) groups excluding carboxylic acids is 1. The first-order valence-electron chi connectivity index (χ1n) is 7.43. The molecule has 1 unspecified atom stereocenters. The summed E-state index contributed by atoms with van der Waals surface area (Å²) >= 11 is 0. The Bertz CT molecular complexity index is 426. The van der Waals surface area contributed by atoms with Crippen molar-refractivity contribution in [2.24, 2.45) is 0 Å². The van der Waals surface area contributed by atoms with E-state index in [0.29, 0.717) is 19.1 Å². The third-order valence-corrected chi connectivity index (χ3v) is 3.53. The highest BCUT2D eigenvalue weighted by molar-refractivity contribution is 5.76. The van der Waals surface area contributed by atoms with Crippen LogP contribution in [0, 0.1) is 6.92 Å². The normalized spacial score (nSPS) is 19.1. The molecule has 0 aliphatic carbocycles. The van der Waals surface area contributed by atoms with Crippen molar-refractivity contribution >= 4 is 5.91 Å². The maximum atomic E-state index is 11.9. The van der Waals surface area contributed by atoms with E-state index in [4.69, 9.17) is 4.74 Å². The molecular formula is C16H24N2O2. The van der Waals surface area contributed by atoms with Crippen LogP contribution in [0.1, 0.15) is 31.2 Å². The Balaban J connectivity index is 1.67. The molecule has 1 fully saturated rings. The number of carbonyl (C=O) groups is 1. The largest absolute Gasteiger partial charge is 0.493 e. The number of hydrogen-bond donors (Lipinski definition) is 2. The van der Waals surface area contributed by atoms with Crippen LogP contribution in [0.15, 0.2) is 24.3 Å². The smallest absolute Gasteiger partial charge is 0.223 e. The number of nitrogens with one attached hydrogen (secondary N) is 2. The standard InChI is InChI=1S/C16H24N2O2/c1-13-4-2-6-15(12-13)20-11-8-16(19)18-14-5-3-9-17-10-7-14/h2,4,6,12,14,17H,3,5,7-11H2,1H3,(H,18,19). The predicted molar refractivity (Wildman–Crippen MR) is 79.9 cm³/mol. The molecule has 110 valence electrons. The zero-order chi connectivity index (χ0) is 14.2. The molecule has 0 aromatic heterocycles. The first kappa shape index (κ1) is 14.9. The Labute approximate surface area is 120 Å². The van der Waals surface area contributed by atoms with Gasteiger partial charge in [0.25, 0.3) is 0 Å². The number of amides is 1. The monoisotopic (exact) mass is 276 g/mol. The molecule has 2 rings (SSSR count). The number of ether oxygens (including phenoxy) is 1. The van der Waals surface area contributed by atoms with E-state index in [1.54, 1.807) is 0 Å². The lowest BCUT2D eigenvalue weighted by Gasteiger charge is -2.16. The van der Waals surface area contributed by atoms with Gasteiger partial charge in [0.05, 0.1) is 13.0 Å². The van der Waals surface area contributed by atoms with E-state index in [0.717, 1.165) is 43.7 Å². The van der Waals surface area contributed by atoms with Crippen LogP contribution in [0.25, 0.3) is 0 Å². The van der Waals surface area contributed by atoms with E-state index < -0.39 is 0 Å². The zero-order valence-electron chi connectivity index (χ0n) is 12.2. The van der Waals surface area contributed by atoms with Crippen LogP contribution in [-0.2, 0) is 4.79 Å². The molecule has 4 heteroatoms. The summed E-state index contributed by atoms with van der Waals surface area (Å²) in [6.07, 6.45) is 3.63. The lowest BCUT2D eigenvalue weighted by molar-refractivity contribution is -0.122. The number of rotatable bonds is 5. The zero-order valence-corrected chi connectivity index (χ0v) is 12.2. The first-order valence-corrected chi connectivity index (χ1v) is 7.43. The number of hydrogen-bond acceptors (Lipinski definition) is 3. The summed E-state index contributed by atoms with van der Waals surface area (Å²) in [4.78, 5) is 11.9. The molecule has 4 nitrogen and oxygen atoms in total. The second-order valence-electron chi connectivity index (χ2n) is 5.36. The maximum absolute atomic E-state index is 11.9. The summed E-state index contributed by atoms with van der Waals surface area (Å²) in [7, 11) is 0. The van der Waals surface area contributed by atoms with Crippen LogP contribution < -0.4 is 15.4 Å². The van der Waals surface area contributed by atoms with Crippen molar-refractivity contribution in [3.8, 4) is 5.75 Å². The fourth-order valence-electron chi connectivity index (χ4n) is 2.43. The molecule has 1 aromatic carbocycles. The van der Waals surface area contributed by atoms with E-state index in [-0.39, 0.29) is 5.91 Å². The van der Waals surface area contributed by atoms with Gasteiger partial charge in [0, 0.05) is 6.04 Å². The van der Waals surface area contributed by atoms with Gasteiger partial charge in [-0.05, 0) is 57.0 Å². The summed E-state index contributed by atoms with van der Waals surface area (Å²) in [5, 5.41) is 6.44. The van der Waals surface area contributed by atoms with Gasteiger partial charge in [-0.25, -0.2) is 0 Å². The van der Waals surface area contributed by atoms with E-state index in [2.05, 4.69) is 10.6 Å². The minimum atomic E-state index is 0.0875. The van der Waals surface area contributed by atoms with Crippen molar-refractivity contribution in [3.63, 3.8) is 0 Å².